The Hall–Kier alpha value is -3.62. The van der Waals surface area contributed by atoms with Crippen LogP contribution in [0.2, 0.25) is 0 Å². The highest BCUT2D eigenvalue weighted by Crippen LogP contribution is 2.36. The molecule has 222 valence electrons. The summed E-state index contributed by atoms with van der Waals surface area (Å²) in [5.41, 5.74) is 3.11. The van der Waals surface area contributed by atoms with Crippen molar-refractivity contribution in [1.29, 1.82) is 0 Å². The lowest BCUT2D eigenvalue weighted by atomic mass is 9.75. The van der Waals surface area contributed by atoms with Crippen LogP contribution in [-0.2, 0) is 33.4 Å². The Morgan fingerprint density at radius 3 is 2.51 bits per heavy atom. The summed E-state index contributed by atoms with van der Waals surface area (Å²) in [7, 11) is 1.94. The number of carbonyl (C=O) groups is 4. The predicted octanol–water partition coefficient (Wildman–Crippen LogP) is 3.22. The molecule has 0 bridgehead atoms. The number of aromatic nitrogens is 1. The fourth-order valence-corrected chi connectivity index (χ4v) is 6.00. The summed E-state index contributed by atoms with van der Waals surface area (Å²) in [6, 6.07) is 9.65. The lowest BCUT2D eigenvalue weighted by Gasteiger charge is -2.39. The van der Waals surface area contributed by atoms with E-state index >= 15 is 0 Å². The number of aryl methyl sites for hydroxylation is 2. The van der Waals surface area contributed by atoms with E-state index < -0.39 is 5.54 Å². The van der Waals surface area contributed by atoms with Crippen LogP contribution in [0.1, 0.15) is 78.8 Å². The van der Waals surface area contributed by atoms with Crippen LogP contribution in [-0.4, -0.2) is 70.7 Å². The molecule has 1 fully saturated rings. The van der Waals surface area contributed by atoms with Crippen LogP contribution in [0, 0.1) is 19.8 Å². The first-order valence-electron chi connectivity index (χ1n) is 14.9. The number of hydrogen-bond acceptors (Lipinski definition) is 4. The maximum Gasteiger partial charge on any atom is 0.255 e. The molecule has 2 heterocycles. The Kier molecular flexibility index (Phi) is 9.56. The highest BCUT2D eigenvalue weighted by atomic mass is 16.2. The average molecular weight is 564 g/mol. The van der Waals surface area contributed by atoms with Gasteiger partial charge in [-0.15, -0.1) is 0 Å². The van der Waals surface area contributed by atoms with Crippen molar-refractivity contribution in [3.8, 4) is 0 Å². The monoisotopic (exact) mass is 563 g/mol. The molecule has 0 radical (unpaired) electrons. The molecule has 1 aromatic carbocycles. The molecule has 9 heteroatoms. The highest BCUT2D eigenvalue weighted by Gasteiger charge is 2.44. The second kappa shape index (κ2) is 12.9. The summed E-state index contributed by atoms with van der Waals surface area (Å²) in [4.78, 5) is 57.9. The van der Waals surface area contributed by atoms with Gasteiger partial charge >= 0.3 is 0 Å². The number of benzene rings is 1. The van der Waals surface area contributed by atoms with Crippen molar-refractivity contribution < 1.29 is 19.2 Å². The third-order valence-electron chi connectivity index (χ3n) is 8.66. The summed E-state index contributed by atoms with van der Waals surface area (Å²) in [6.45, 7) is 9.35. The maximum absolute atomic E-state index is 14.0. The van der Waals surface area contributed by atoms with Gasteiger partial charge in [-0.3, -0.25) is 19.2 Å². The van der Waals surface area contributed by atoms with E-state index in [-0.39, 0.29) is 43.1 Å². The Labute approximate surface area is 243 Å². The third-order valence-corrected chi connectivity index (χ3v) is 8.66. The van der Waals surface area contributed by atoms with E-state index in [1.54, 1.807) is 9.80 Å². The van der Waals surface area contributed by atoms with Crippen molar-refractivity contribution in [2.24, 2.45) is 13.0 Å². The molecule has 1 aliphatic heterocycles. The zero-order chi connectivity index (χ0) is 29.7. The number of nitrogens with one attached hydrogen (secondary N) is 2. The van der Waals surface area contributed by atoms with E-state index in [1.807, 2.05) is 55.8 Å². The summed E-state index contributed by atoms with van der Waals surface area (Å²) >= 11 is 0. The highest BCUT2D eigenvalue weighted by molar-refractivity contribution is 5.96. The van der Waals surface area contributed by atoms with Crippen molar-refractivity contribution in [1.82, 2.24) is 25.0 Å². The van der Waals surface area contributed by atoms with Gasteiger partial charge in [0, 0.05) is 51.0 Å². The predicted molar refractivity (Wildman–Crippen MR) is 158 cm³/mol. The number of hydrogen-bond donors (Lipinski definition) is 2. The number of amides is 4. The van der Waals surface area contributed by atoms with E-state index in [0.717, 1.165) is 41.8 Å². The van der Waals surface area contributed by atoms with Crippen molar-refractivity contribution in [3.63, 3.8) is 0 Å². The standard InChI is InChI=1S/C32H45N5O4/c1-22(2)14-18-37-21-28(38)34-32(15-8-11-25-10-6-7-12-27(25)32)31(41)33-16-19-36(17-9-13-29(37)39)30(40)26-20-23(3)35(5)24(26)4/h6-7,10,12,20,22H,8-9,11,13-19,21H2,1-5H3,(H,33,41)(H,34,38). The minimum absolute atomic E-state index is 0.103. The molecule has 2 aromatic rings. The van der Waals surface area contributed by atoms with Crippen LogP contribution >= 0.6 is 0 Å². The number of fused-ring (bicyclic) bond motifs is 2. The molecule has 2 N–H and O–H groups in total. The molecule has 9 nitrogen and oxygen atoms in total. The van der Waals surface area contributed by atoms with Crippen LogP contribution in [0.3, 0.4) is 0 Å². The summed E-state index contributed by atoms with van der Waals surface area (Å²) in [5, 5.41) is 6.13. The van der Waals surface area contributed by atoms with Gasteiger partial charge in [-0.2, -0.15) is 0 Å². The topological polar surface area (TPSA) is 104 Å². The van der Waals surface area contributed by atoms with E-state index in [0.29, 0.717) is 44.0 Å². The Morgan fingerprint density at radius 2 is 1.80 bits per heavy atom. The molecule has 1 spiro atoms. The number of carbonyl (C=O) groups excluding carboxylic acids is 4. The average Bonchev–Trinajstić information content (AvgIpc) is 3.20. The molecule has 1 saturated heterocycles. The van der Waals surface area contributed by atoms with Gasteiger partial charge in [-0.1, -0.05) is 38.1 Å². The molecular formula is C32H45N5O4. The molecule has 0 saturated carbocycles. The van der Waals surface area contributed by atoms with Crippen molar-refractivity contribution in [3.05, 3.63) is 58.4 Å². The fraction of sp³-hybridized carbons (Fsp3) is 0.562. The van der Waals surface area contributed by atoms with E-state index in [1.165, 1.54) is 0 Å². The van der Waals surface area contributed by atoms with Gasteiger partial charge < -0.3 is 25.0 Å². The van der Waals surface area contributed by atoms with Gasteiger partial charge in [0.05, 0.1) is 12.1 Å². The van der Waals surface area contributed by atoms with Gasteiger partial charge in [0.25, 0.3) is 11.8 Å². The second-order valence-corrected chi connectivity index (χ2v) is 12.0. The van der Waals surface area contributed by atoms with Gasteiger partial charge in [0.15, 0.2) is 0 Å². The molecule has 1 aromatic heterocycles. The van der Waals surface area contributed by atoms with Crippen LogP contribution in [0.5, 0.6) is 0 Å². The van der Waals surface area contributed by atoms with E-state index in [4.69, 9.17) is 0 Å². The lowest BCUT2D eigenvalue weighted by molar-refractivity contribution is -0.139. The molecule has 4 amide bonds. The summed E-state index contributed by atoms with van der Waals surface area (Å²) < 4.78 is 1.99. The maximum atomic E-state index is 14.0. The van der Waals surface area contributed by atoms with E-state index in [9.17, 15) is 19.2 Å². The third kappa shape index (κ3) is 6.66. The molecule has 1 aliphatic carbocycles. The summed E-state index contributed by atoms with van der Waals surface area (Å²) in [6.07, 6.45) is 3.52. The molecule has 4 rings (SSSR count). The smallest absolute Gasteiger partial charge is 0.255 e. The van der Waals surface area contributed by atoms with Gasteiger partial charge in [0.2, 0.25) is 11.8 Å². The summed E-state index contributed by atoms with van der Waals surface area (Å²) in [5.74, 6) is -0.471. The first-order valence-corrected chi connectivity index (χ1v) is 14.9. The molecular weight excluding hydrogens is 518 g/mol. The van der Waals surface area contributed by atoms with Crippen LogP contribution in [0.15, 0.2) is 30.3 Å². The van der Waals surface area contributed by atoms with Crippen molar-refractivity contribution >= 4 is 23.6 Å². The SMILES string of the molecule is Cc1cc(C(=O)N2CCCC(=O)N(CCC(C)C)CC(=O)NC3(CCCc4ccccc43)C(=O)NCC2)c(C)n1C. The first kappa shape index (κ1) is 30.3. The van der Waals surface area contributed by atoms with Crippen LogP contribution < -0.4 is 10.6 Å². The van der Waals surface area contributed by atoms with Gasteiger partial charge in [-0.05, 0) is 69.1 Å². The van der Waals surface area contributed by atoms with E-state index in [2.05, 4.69) is 24.5 Å². The molecule has 1 unspecified atom stereocenters. The molecule has 2 aliphatic rings. The minimum atomic E-state index is -1.23. The quantitative estimate of drug-likeness (QED) is 0.596. The minimum Gasteiger partial charge on any atom is -0.352 e. The Bertz CT molecular complexity index is 1300. The van der Waals surface area contributed by atoms with Crippen molar-refractivity contribution in [2.45, 2.75) is 71.8 Å². The number of rotatable bonds is 4. The van der Waals surface area contributed by atoms with Gasteiger partial charge in [-0.25, -0.2) is 0 Å². The fourth-order valence-electron chi connectivity index (χ4n) is 6.00. The largest absolute Gasteiger partial charge is 0.352 e. The second-order valence-electron chi connectivity index (χ2n) is 12.0. The molecule has 1 atom stereocenters. The lowest BCUT2D eigenvalue weighted by Crippen LogP contribution is -2.60. The van der Waals surface area contributed by atoms with Crippen LogP contribution in [0.4, 0.5) is 0 Å². The zero-order valence-electron chi connectivity index (χ0n) is 25.2. The van der Waals surface area contributed by atoms with Crippen molar-refractivity contribution in [2.75, 3.05) is 32.7 Å². The molecule has 41 heavy (non-hydrogen) atoms. The Balaban J connectivity index is 1.66. The Morgan fingerprint density at radius 1 is 1.05 bits per heavy atom. The number of nitrogens with zero attached hydrogens (tertiary/aromatic N) is 3. The first-order chi connectivity index (χ1) is 19.5. The zero-order valence-corrected chi connectivity index (χ0v) is 25.2. The van der Waals surface area contributed by atoms with Gasteiger partial charge in [0.1, 0.15) is 5.54 Å². The normalized spacial score (nSPS) is 21.0. The van der Waals surface area contributed by atoms with Crippen LogP contribution in [0.25, 0.3) is 0 Å².